The van der Waals surface area contributed by atoms with Gasteiger partial charge in [0.1, 0.15) is 5.75 Å². The van der Waals surface area contributed by atoms with Gasteiger partial charge < -0.3 is 4.74 Å². The van der Waals surface area contributed by atoms with Gasteiger partial charge in [0.25, 0.3) is 0 Å². The van der Waals surface area contributed by atoms with Crippen molar-refractivity contribution in [1.82, 2.24) is 0 Å². The molecule has 4 aromatic carbocycles. The van der Waals surface area contributed by atoms with E-state index >= 15 is 0 Å². The van der Waals surface area contributed by atoms with Gasteiger partial charge >= 0.3 is 0 Å². The molecule has 152 valence electrons. The standard InChI is InChI=1S/C27H19FOS2/c1-29-21-9-2-16(3-10-21)4-11-22-12-19-7-5-17-14-24-18(13-23(17)26(19)30-22)6-8-20-15-25(28)31-27(20)24/h2-3,5-10,12-15H,4,11H2,1H3. The number of thiophene rings is 2. The third-order valence-corrected chi connectivity index (χ3v) is 8.17. The minimum atomic E-state index is -0.127. The van der Waals surface area contributed by atoms with Gasteiger partial charge in [0.2, 0.25) is 0 Å². The fourth-order valence-corrected chi connectivity index (χ4v) is 6.44. The van der Waals surface area contributed by atoms with E-state index in [1.54, 1.807) is 13.2 Å². The van der Waals surface area contributed by atoms with E-state index in [4.69, 9.17) is 4.74 Å². The van der Waals surface area contributed by atoms with Crippen LogP contribution in [0.1, 0.15) is 10.4 Å². The Morgan fingerprint density at radius 3 is 1.97 bits per heavy atom. The van der Waals surface area contributed by atoms with E-state index in [1.165, 1.54) is 48.0 Å². The number of hydrogen-bond acceptors (Lipinski definition) is 3. The van der Waals surface area contributed by atoms with Gasteiger partial charge in [-0.3, -0.25) is 0 Å². The molecule has 0 radical (unpaired) electrons. The Hall–Kier alpha value is -2.95. The zero-order valence-corrected chi connectivity index (χ0v) is 18.6. The lowest BCUT2D eigenvalue weighted by molar-refractivity contribution is 0.414. The molecule has 0 bridgehead atoms. The first-order valence-electron chi connectivity index (χ1n) is 10.3. The highest BCUT2D eigenvalue weighted by Gasteiger charge is 2.11. The smallest absolute Gasteiger partial charge is 0.177 e. The van der Waals surface area contributed by atoms with Crippen LogP contribution in [0.3, 0.4) is 0 Å². The summed E-state index contributed by atoms with van der Waals surface area (Å²) in [6.45, 7) is 0. The Morgan fingerprint density at radius 2 is 1.29 bits per heavy atom. The highest BCUT2D eigenvalue weighted by atomic mass is 32.1. The second-order valence-electron chi connectivity index (χ2n) is 7.87. The predicted octanol–water partition coefficient (Wildman–Crippen LogP) is 8.36. The number of fused-ring (bicyclic) bond motifs is 6. The maximum atomic E-state index is 13.8. The lowest BCUT2D eigenvalue weighted by Crippen LogP contribution is -1.89. The van der Waals surface area contributed by atoms with Crippen LogP contribution in [0, 0.1) is 5.13 Å². The molecule has 0 saturated heterocycles. The van der Waals surface area contributed by atoms with Gasteiger partial charge in [-0.15, -0.1) is 22.7 Å². The molecule has 0 saturated carbocycles. The second kappa shape index (κ2) is 7.33. The number of methoxy groups -OCH3 is 1. The van der Waals surface area contributed by atoms with Crippen LogP contribution in [0.2, 0.25) is 0 Å². The minimum Gasteiger partial charge on any atom is -0.497 e. The molecule has 0 unspecified atom stereocenters. The Balaban J connectivity index is 1.40. The van der Waals surface area contributed by atoms with Crippen molar-refractivity contribution in [2.24, 2.45) is 0 Å². The Labute approximate surface area is 187 Å². The van der Waals surface area contributed by atoms with Crippen LogP contribution in [0.5, 0.6) is 5.75 Å². The number of ether oxygens (including phenoxy) is 1. The molecule has 0 aliphatic rings. The van der Waals surface area contributed by atoms with Crippen LogP contribution in [0.4, 0.5) is 4.39 Å². The van der Waals surface area contributed by atoms with Gasteiger partial charge in [0.15, 0.2) is 5.13 Å². The lowest BCUT2D eigenvalue weighted by atomic mass is 10.0. The first kappa shape index (κ1) is 18.8. The van der Waals surface area contributed by atoms with Gasteiger partial charge in [-0.1, -0.05) is 36.4 Å². The first-order valence-corrected chi connectivity index (χ1v) is 11.9. The largest absolute Gasteiger partial charge is 0.497 e. The van der Waals surface area contributed by atoms with E-state index in [2.05, 4.69) is 48.5 Å². The van der Waals surface area contributed by atoms with Crippen molar-refractivity contribution < 1.29 is 9.13 Å². The molecule has 2 heterocycles. The van der Waals surface area contributed by atoms with Crippen LogP contribution < -0.4 is 4.74 Å². The summed E-state index contributed by atoms with van der Waals surface area (Å²) < 4.78 is 21.4. The summed E-state index contributed by atoms with van der Waals surface area (Å²) in [5.74, 6) is 0.895. The molecule has 0 fully saturated rings. The molecule has 0 N–H and O–H groups in total. The van der Waals surface area contributed by atoms with Gasteiger partial charge in [-0.25, -0.2) is 0 Å². The van der Waals surface area contributed by atoms with E-state index in [0.29, 0.717) is 0 Å². The third-order valence-electron chi connectivity index (χ3n) is 5.96. The van der Waals surface area contributed by atoms with Crippen LogP contribution in [0.25, 0.3) is 41.7 Å². The quantitative estimate of drug-likeness (QED) is 0.249. The summed E-state index contributed by atoms with van der Waals surface area (Å²) in [5.41, 5.74) is 1.32. The number of aryl methyl sites for hydroxylation is 2. The van der Waals surface area contributed by atoms with E-state index in [1.807, 2.05) is 29.5 Å². The summed E-state index contributed by atoms with van der Waals surface area (Å²) >= 11 is 3.12. The van der Waals surface area contributed by atoms with Crippen molar-refractivity contribution in [2.45, 2.75) is 12.8 Å². The van der Waals surface area contributed by atoms with Crippen LogP contribution in [-0.2, 0) is 12.8 Å². The van der Waals surface area contributed by atoms with Gasteiger partial charge in [-0.05, 0) is 76.3 Å². The number of rotatable bonds is 4. The van der Waals surface area contributed by atoms with E-state index in [-0.39, 0.29) is 5.13 Å². The Morgan fingerprint density at radius 1 is 0.677 bits per heavy atom. The van der Waals surface area contributed by atoms with E-state index < -0.39 is 0 Å². The second-order valence-corrected chi connectivity index (χ2v) is 10.0. The average molecular weight is 443 g/mol. The summed E-state index contributed by atoms with van der Waals surface area (Å²) in [6.07, 6.45) is 2.04. The summed E-state index contributed by atoms with van der Waals surface area (Å²) in [4.78, 5) is 1.40. The minimum absolute atomic E-state index is 0.127. The van der Waals surface area contributed by atoms with Crippen LogP contribution >= 0.6 is 22.7 Å². The first-order chi connectivity index (χ1) is 15.2. The lowest BCUT2D eigenvalue weighted by Gasteiger charge is -2.05. The van der Waals surface area contributed by atoms with Crippen molar-refractivity contribution in [3.63, 3.8) is 0 Å². The SMILES string of the molecule is COc1ccc(CCc2cc3ccc4cc5c(ccc6cc(F)sc65)cc4c3s2)cc1. The molecule has 4 heteroatoms. The average Bonchev–Trinajstić information content (AvgIpc) is 3.39. The fourth-order valence-electron chi connectivity index (χ4n) is 4.35. The molecule has 6 aromatic rings. The molecule has 6 rings (SSSR count). The molecule has 0 aliphatic heterocycles. The van der Waals surface area contributed by atoms with Gasteiger partial charge in [-0.2, -0.15) is 4.39 Å². The molecule has 0 amide bonds. The zero-order valence-electron chi connectivity index (χ0n) is 16.9. The van der Waals surface area contributed by atoms with E-state index in [9.17, 15) is 4.39 Å². The summed E-state index contributed by atoms with van der Waals surface area (Å²) in [7, 11) is 1.70. The molecule has 2 aromatic heterocycles. The van der Waals surface area contributed by atoms with Crippen LogP contribution in [-0.4, -0.2) is 7.11 Å². The number of benzene rings is 4. The normalized spacial score (nSPS) is 11.8. The molecule has 1 nitrogen and oxygen atoms in total. The molecular formula is C27H19FOS2. The van der Waals surface area contributed by atoms with Crippen molar-refractivity contribution >= 4 is 64.4 Å². The van der Waals surface area contributed by atoms with Gasteiger partial charge in [0, 0.05) is 25.0 Å². The third kappa shape index (κ3) is 3.27. The molecular weight excluding hydrogens is 423 g/mol. The van der Waals surface area contributed by atoms with Crippen molar-refractivity contribution in [3.05, 3.63) is 88.4 Å². The van der Waals surface area contributed by atoms with Crippen molar-refractivity contribution in [1.29, 1.82) is 0 Å². The molecule has 0 atom stereocenters. The molecule has 31 heavy (non-hydrogen) atoms. The number of halogens is 1. The Bertz CT molecular complexity index is 1570. The zero-order chi connectivity index (χ0) is 20.9. The van der Waals surface area contributed by atoms with Crippen LogP contribution in [0.15, 0.2) is 72.8 Å². The topological polar surface area (TPSA) is 9.23 Å². The Kier molecular flexibility index (Phi) is 4.44. The van der Waals surface area contributed by atoms with E-state index in [0.717, 1.165) is 34.1 Å². The van der Waals surface area contributed by atoms with Crippen molar-refractivity contribution in [2.75, 3.05) is 7.11 Å². The molecule has 0 spiro atoms. The molecule has 0 aliphatic carbocycles. The number of hydrogen-bond donors (Lipinski definition) is 0. The summed E-state index contributed by atoms with van der Waals surface area (Å²) in [5, 5.41) is 6.94. The van der Waals surface area contributed by atoms with Gasteiger partial charge in [0.05, 0.1) is 7.11 Å². The highest BCUT2D eigenvalue weighted by molar-refractivity contribution is 7.20. The highest BCUT2D eigenvalue weighted by Crippen LogP contribution is 2.38. The summed E-state index contributed by atoms with van der Waals surface area (Å²) in [6, 6.07) is 25.3. The monoisotopic (exact) mass is 442 g/mol. The predicted molar refractivity (Wildman–Crippen MR) is 133 cm³/mol. The maximum absolute atomic E-state index is 13.8. The van der Waals surface area contributed by atoms with Crippen molar-refractivity contribution in [3.8, 4) is 5.75 Å². The fraction of sp³-hybridized carbons (Fsp3) is 0.111. The maximum Gasteiger partial charge on any atom is 0.177 e.